The van der Waals surface area contributed by atoms with Crippen molar-refractivity contribution >= 4 is 39.4 Å². The first-order valence-corrected chi connectivity index (χ1v) is 10.3. The minimum absolute atomic E-state index is 0.0222. The van der Waals surface area contributed by atoms with Crippen LogP contribution < -0.4 is 10.1 Å². The molecule has 0 saturated heterocycles. The molecule has 9 heteroatoms. The van der Waals surface area contributed by atoms with Crippen LogP contribution in [0, 0.1) is 0 Å². The standard InChI is InChI=1S/C18H27N3O4S2/c1-5-7-8-14(6-2)21(18(26)19-3)17(22)12-13-9-10-16(25-4)15(11-13)20-27(23)24/h9-11,14H,5-8,12H2,1-4H3,(H,19,26). The number of nitrogens with one attached hydrogen (secondary N) is 1. The van der Waals surface area contributed by atoms with E-state index in [-0.39, 0.29) is 24.1 Å². The third-order valence-corrected chi connectivity index (χ3v) is 4.95. The maximum atomic E-state index is 13.0. The van der Waals surface area contributed by atoms with Crippen LogP contribution in [0.5, 0.6) is 5.75 Å². The SMILES string of the molecule is CCCCC(CC)N(C(=O)Cc1ccc(OC)c(N=S(=O)=O)c1)C(=S)NC. The summed E-state index contributed by atoms with van der Waals surface area (Å²) in [5, 5.41) is 3.29. The van der Waals surface area contributed by atoms with E-state index >= 15 is 0 Å². The van der Waals surface area contributed by atoms with Crippen molar-refractivity contribution in [2.75, 3.05) is 14.2 Å². The van der Waals surface area contributed by atoms with Crippen molar-refractivity contribution in [3.8, 4) is 5.75 Å². The first-order valence-electron chi connectivity index (χ1n) is 8.89. The Bertz CT molecular complexity index is 786. The van der Waals surface area contributed by atoms with E-state index in [9.17, 15) is 13.2 Å². The molecule has 1 amide bonds. The number of carbonyl (C=O) groups excluding carboxylic acids is 1. The van der Waals surface area contributed by atoms with Gasteiger partial charge in [-0.2, -0.15) is 8.42 Å². The lowest BCUT2D eigenvalue weighted by atomic mass is 10.0. The molecule has 0 spiro atoms. The average Bonchev–Trinajstić information content (AvgIpc) is 2.64. The number of ether oxygens (including phenoxy) is 1. The van der Waals surface area contributed by atoms with Gasteiger partial charge in [0.05, 0.1) is 13.5 Å². The van der Waals surface area contributed by atoms with E-state index in [1.54, 1.807) is 30.1 Å². The molecule has 0 heterocycles. The van der Waals surface area contributed by atoms with Crippen LogP contribution in [0.3, 0.4) is 0 Å². The van der Waals surface area contributed by atoms with E-state index in [0.29, 0.717) is 16.4 Å². The Morgan fingerprint density at radius 1 is 1.37 bits per heavy atom. The van der Waals surface area contributed by atoms with Gasteiger partial charge in [-0.1, -0.05) is 32.8 Å². The Morgan fingerprint density at radius 2 is 2.07 bits per heavy atom. The van der Waals surface area contributed by atoms with Gasteiger partial charge in [0.15, 0.2) is 5.11 Å². The van der Waals surface area contributed by atoms with Gasteiger partial charge in [0.2, 0.25) is 5.91 Å². The molecule has 1 rings (SSSR count). The van der Waals surface area contributed by atoms with Gasteiger partial charge in [0.1, 0.15) is 11.4 Å². The number of methoxy groups -OCH3 is 1. The molecule has 1 atom stereocenters. The predicted molar refractivity (Wildman–Crippen MR) is 110 cm³/mol. The van der Waals surface area contributed by atoms with Crippen LogP contribution >= 0.6 is 12.2 Å². The fraction of sp³-hybridized carbons (Fsp3) is 0.556. The summed E-state index contributed by atoms with van der Waals surface area (Å²) in [6, 6.07) is 4.88. The number of nitrogens with zero attached hydrogens (tertiary/aromatic N) is 2. The molecular formula is C18H27N3O4S2. The summed E-state index contributed by atoms with van der Waals surface area (Å²) in [5.74, 6) is 0.184. The molecule has 0 aliphatic heterocycles. The number of rotatable bonds is 9. The van der Waals surface area contributed by atoms with E-state index in [0.717, 1.165) is 25.7 Å². The number of thiocarbonyl (C=S) groups is 1. The maximum Gasteiger partial charge on any atom is 0.316 e. The quantitative estimate of drug-likeness (QED) is 0.625. The summed E-state index contributed by atoms with van der Waals surface area (Å²) in [5.41, 5.74) is 0.802. The van der Waals surface area contributed by atoms with Crippen LogP contribution in [0.4, 0.5) is 5.69 Å². The molecule has 1 aromatic carbocycles. The molecular weight excluding hydrogens is 386 g/mol. The Labute approximate surface area is 167 Å². The molecule has 27 heavy (non-hydrogen) atoms. The molecule has 150 valence electrons. The summed E-state index contributed by atoms with van der Waals surface area (Å²) in [7, 11) is 0.517. The summed E-state index contributed by atoms with van der Waals surface area (Å²) < 4.78 is 30.5. The summed E-state index contributed by atoms with van der Waals surface area (Å²) in [6.45, 7) is 4.14. The van der Waals surface area contributed by atoms with Gasteiger partial charge in [0.25, 0.3) is 0 Å². The van der Waals surface area contributed by atoms with Gasteiger partial charge in [-0.15, -0.1) is 4.36 Å². The van der Waals surface area contributed by atoms with E-state index in [1.807, 2.05) is 6.92 Å². The molecule has 0 aromatic heterocycles. The van der Waals surface area contributed by atoms with E-state index < -0.39 is 10.5 Å². The van der Waals surface area contributed by atoms with Crippen molar-refractivity contribution in [3.63, 3.8) is 0 Å². The number of hydrogen-bond donors (Lipinski definition) is 1. The molecule has 0 aliphatic carbocycles. The molecule has 0 fully saturated rings. The second kappa shape index (κ2) is 11.7. The van der Waals surface area contributed by atoms with E-state index in [4.69, 9.17) is 17.0 Å². The predicted octanol–water partition coefficient (Wildman–Crippen LogP) is 3.23. The largest absolute Gasteiger partial charge is 0.494 e. The fourth-order valence-corrected chi connectivity index (χ4v) is 3.37. The zero-order chi connectivity index (χ0) is 20.4. The minimum Gasteiger partial charge on any atom is -0.494 e. The van der Waals surface area contributed by atoms with E-state index in [1.165, 1.54) is 7.11 Å². The fourth-order valence-electron chi connectivity index (χ4n) is 2.82. The van der Waals surface area contributed by atoms with Crippen molar-refractivity contribution in [3.05, 3.63) is 23.8 Å². The van der Waals surface area contributed by atoms with Crippen LogP contribution in [0.1, 0.15) is 45.1 Å². The number of amides is 1. The lowest BCUT2D eigenvalue weighted by Crippen LogP contribution is -2.49. The molecule has 1 unspecified atom stereocenters. The third-order valence-electron chi connectivity index (χ3n) is 4.20. The average molecular weight is 414 g/mol. The van der Waals surface area contributed by atoms with Crippen molar-refractivity contribution in [2.45, 2.75) is 52.0 Å². The highest BCUT2D eigenvalue weighted by molar-refractivity contribution is 7.80. The Morgan fingerprint density at radius 3 is 2.59 bits per heavy atom. The highest BCUT2D eigenvalue weighted by Gasteiger charge is 2.25. The van der Waals surface area contributed by atoms with Gasteiger partial charge < -0.3 is 10.1 Å². The zero-order valence-electron chi connectivity index (χ0n) is 16.2. The Hall–Kier alpha value is -2.00. The normalized spacial score (nSPS) is 11.4. The minimum atomic E-state index is -2.61. The lowest BCUT2D eigenvalue weighted by Gasteiger charge is -2.31. The van der Waals surface area contributed by atoms with Crippen LogP contribution in [-0.4, -0.2) is 44.5 Å². The second-order valence-corrected chi connectivity index (χ2v) is 7.02. The second-order valence-electron chi connectivity index (χ2n) is 6.01. The molecule has 1 N–H and O–H groups in total. The van der Waals surface area contributed by atoms with Gasteiger partial charge in [-0.25, -0.2) is 0 Å². The molecule has 0 aliphatic rings. The first kappa shape index (κ1) is 23.0. The maximum absolute atomic E-state index is 13.0. The molecule has 1 aromatic rings. The van der Waals surface area contributed by atoms with Crippen molar-refractivity contribution in [1.29, 1.82) is 0 Å². The Kier molecular flexibility index (Phi) is 9.95. The highest BCUT2D eigenvalue weighted by Crippen LogP contribution is 2.29. The highest BCUT2D eigenvalue weighted by atomic mass is 32.2. The van der Waals surface area contributed by atoms with Gasteiger partial charge in [0, 0.05) is 13.1 Å². The van der Waals surface area contributed by atoms with Crippen LogP contribution in [-0.2, 0) is 21.7 Å². The van der Waals surface area contributed by atoms with Gasteiger partial charge in [-0.3, -0.25) is 9.69 Å². The zero-order valence-corrected chi connectivity index (χ0v) is 17.8. The van der Waals surface area contributed by atoms with Gasteiger partial charge >= 0.3 is 10.5 Å². The van der Waals surface area contributed by atoms with Crippen LogP contribution in [0.15, 0.2) is 22.6 Å². The first-order chi connectivity index (χ1) is 12.9. The monoisotopic (exact) mass is 413 g/mol. The third kappa shape index (κ3) is 6.91. The molecule has 0 saturated carbocycles. The van der Waals surface area contributed by atoms with Crippen molar-refractivity contribution < 1.29 is 17.9 Å². The topological polar surface area (TPSA) is 88.1 Å². The number of carbonyl (C=O) groups is 1. The lowest BCUT2D eigenvalue weighted by molar-refractivity contribution is -0.128. The Balaban J connectivity index is 3.14. The number of benzene rings is 1. The molecule has 7 nitrogen and oxygen atoms in total. The number of unbranched alkanes of at least 4 members (excludes halogenated alkanes) is 1. The van der Waals surface area contributed by atoms with Crippen LogP contribution in [0.25, 0.3) is 0 Å². The smallest absolute Gasteiger partial charge is 0.316 e. The van der Waals surface area contributed by atoms with Crippen LogP contribution in [0.2, 0.25) is 0 Å². The molecule has 0 bridgehead atoms. The summed E-state index contributed by atoms with van der Waals surface area (Å²) in [6.07, 6.45) is 3.81. The van der Waals surface area contributed by atoms with E-state index in [2.05, 4.69) is 16.6 Å². The molecule has 0 radical (unpaired) electrons. The number of hydrogen-bond acceptors (Lipinski definition) is 6. The summed E-state index contributed by atoms with van der Waals surface area (Å²) >= 11 is 5.36. The summed E-state index contributed by atoms with van der Waals surface area (Å²) in [4.78, 5) is 14.6. The van der Waals surface area contributed by atoms with Gasteiger partial charge in [-0.05, 0) is 42.8 Å². The van der Waals surface area contributed by atoms with Crippen molar-refractivity contribution in [1.82, 2.24) is 10.2 Å². The van der Waals surface area contributed by atoms with Crippen molar-refractivity contribution in [2.24, 2.45) is 4.36 Å².